The minimum absolute atomic E-state index is 0.00196. The second-order valence-electron chi connectivity index (χ2n) is 29.0. The van der Waals surface area contributed by atoms with Crippen LogP contribution in [0, 0.1) is 63.1 Å². The Morgan fingerprint density at radius 1 is 0.371 bits per heavy atom. The van der Waals surface area contributed by atoms with Gasteiger partial charge in [0.1, 0.15) is 24.4 Å². The molecule has 0 N–H and O–H groups in total. The lowest BCUT2D eigenvalue weighted by Gasteiger charge is -2.63. The van der Waals surface area contributed by atoms with Crippen LogP contribution in [0.5, 0.6) is 0 Å². The Hall–Kier alpha value is -7.41. The van der Waals surface area contributed by atoms with Crippen molar-refractivity contribution in [2.24, 2.45) is 63.1 Å². The van der Waals surface area contributed by atoms with E-state index in [-0.39, 0.29) is 112 Å². The van der Waals surface area contributed by atoms with Gasteiger partial charge in [0.05, 0.1) is 85.1 Å². The smallest absolute Gasteiger partial charge is 0.453 e. The summed E-state index contributed by atoms with van der Waals surface area (Å²) >= 11 is 0. The standard InChI is InChI=1S/C24H29F7O6.C22H26F6O6.C20H22F6O8/c1-14(2)16(32)37-22-10-15-8-20(12-22,17(33)35-6-4-19(3,25)26)11-21(9-15,13-22)18(34)36-7-5-23(27,28)24(29,30)31;1-13(2)15(29)34-20-9-14-7-18(11-20,16(30)32-5-3-21(23,24)25)10-19(8-14,12-20)17(31)33-6-4-22(26,27)28;1-9(2)15(27)31-3-4-32-18(30)14-11-5-10(13(14)17(29)34-8-20(24,25)26)6-12(11)16(28)33-7-19(21,22)23/h15H,1,4-13H2,2-3H3;14H,1,3-12H2,2H3;10-14H,1,3-8H2,2H3. The zero-order valence-corrected chi connectivity index (χ0v) is 56.9. The number of hydrogen-bond donors (Lipinski definition) is 0. The molecular formula is C66H77F19O20. The van der Waals surface area contributed by atoms with Crippen molar-refractivity contribution in [3.8, 4) is 0 Å². The van der Waals surface area contributed by atoms with Gasteiger partial charge < -0.3 is 47.4 Å². The fraction of sp³-hybridized carbons (Fsp3) is 0.758. The normalized spacial score (nSPS) is 29.8. The number of esters is 10. The van der Waals surface area contributed by atoms with Crippen LogP contribution in [0.25, 0.3) is 0 Å². The SMILES string of the molecule is C=C(C)C(=O)OC12CC3CC(C(=O)OCCC(C)(F)F)(C1)CC(C(=O)OCCC(F)(F)C(F)(F)F)(C3)C2.C=C(C)C(=O)OC12CC3CC(C(=O)OCCC(F)(F)F)(C1)CC(C(=O)OCCC(F)(F)F)(C3)C2.C=C(C)C(=O)OCCOC(=O)C1C2CC(CC2C(=O)OCC(F)(F)F)C1C(=O)OCC(F)(F)F. The highest BCUT2D eigenvalue weighted by molar-refractivity contribution is 5.90. The van der Waals surface area contributed by atoms with Crippen LogP contribution >= 0.6 is 0 Å². The molecule has 594 valence electrons. The first-order valence-electron chi connectivity index (χ1n) is 32.7. The van der Waals surface area contributed by atoms with Gasteiger partial charge in [0.15, 0.2) is 13.2 Å². The summed E-state index contributed by atoms with van der Waals surface area (Å²) in [4.78, 5) is 126. The van der Waals surface area contributed by atoms with Crippen molar-refractivity contribution in [3.05, 3.63) is 36.5 Å². The lowest BCUT2D eigenvalue weighted by molar-refractivity contribution is -0.287. The van der Waals surface area contributed by atoms with Crippen LogP contribution in [0.3, 0.4) is 0 Å². The molecule has 0 radical (unpaired) electrons. The van der Waals surface area contributed by atoms with Crippen LogP contribution in [0.1, 0.15) is 143 Å². The molecule has 0 aromatic heterocycles. The third-order valence-electron chi connectivity index (χ3n) is 19.7. The average molecular weight is 1550 g/mol. The van der Waals surface area contributed by atoms with Crippen LogP contribution in [-0.2, 0) is 95.3 Å². The number of carbonyl (C=O) groups excluding carboxylic acids is 10. The summed E-state index contributed by atoms with van der Waals surface area (Å²) in [6, 6.07) is 0. The van der Waals surface area contributed by atoms with Crippen LogP contribution in [0.4, 0.5) is 83.4 Å². The minimum Gasteiger partial charge on any atom is -0.465 e. The Kier molecular flexibility index (Phi) is 26.2. The van der Waals surface area contributed by atoms with E-state index in [1.807, 2.05) is 0 Å². The number of rotatable bonds is 27. The van der Waals surface area contributed by atoms with Crippen LogP contribution in [-0.4, -0.2) is 166 Å². The molecular weight excluding hydrogens is 1470 g/mol. The van der Waals surface area contributed by atoms with Crippen LogP contribution in [0.2, 0.25) is 0 Å². The lowest BCUT2D eigenvalue weighted by atomic mass is 9.42. The Morgan fingerprint density at radius 3 is 1.06 bits per heavy atom. The molecule has 0 aromatic rings. The van der Waals surface area contributed by atoms with E-state index in [9.17, 15) is 131 Å². The molecule has 10 rings (SSSR count). The summed E-state index contributed by atoms with van der Waals surface area (Å²) in [5.41, 5.74) is -8.22. The first kappa shape index (κ1) is 86.5. The zero-order chi connectivity index (χ0) is 79.5. The molecule has 10 bridgehead atoms. The van der Waals surface area contributed by atoms with Crippen molar-refractivity contribution < 1.29 is 179 Å². The highest BCUT2D eigenvalue weighted by Gasteiger charge is 2.73. The average Bonchev–Trinajstić information content (AvgIpc) is 1.49. The lowest BCUT2D eigenvalue weighted by Crippen LogP contribution is -2.65. The summed E-state index contributed by atoms with van der Waals surface area (Å²) in [5, 5.41) is 0. The number of carbonyl (C=O) groups is 10. The van der Waals surface area contributed by atoms with E-state index in [1.165, 1.54) is 20.8 Å². The van der Waals surface area contributed by atoms with Gasteiger partial charge in [0.25, 0.3) is 0 Å². The number of fused-ring (bicyclic) bond motifs is 2. The fourth-order valence-electron chi connectivity index (χ4n) is 16.6. The third-order valence-corrected chi connectivity index (χ3v) is 19.7. The van der Waals surface area contributed by atoms with Crippen LogP contribution in [0.15, 0.2) is 36.5 Å². The Bertz CT molecular complexity index is 3270. The Labute approximate surface area is 586 Å². The van der Waals surface area contributed by atoms with Crippen LogP contribution < -0.4 is 0 Å². The van der Waals surface area contributed by atoms with Crippen molar-refractivity contribution in [2.45, 2.75) is 197 Å². The molecule has 20 nitrogen and oxygen atoms in total. The molecule has 0 aromatic carbocycles. The molecule has 0 amide bonds. The molecule has 10 aliphatic carbocycles. The molecule has 105 heavy (non-hydrogen) atoms. The second kappa shape index (κ2) is 31.8. The predicted molar refractivity (Wildman–Crippen MR) is 313 cm³/mol. The maximum absolute atomic E-state index is 13.3. The summed E-state index contributed by atoms with van der Waals surface area (Å²) in [6.45, 7) is 6.97. The monoisotopic (exact) mass is 1550 g/mol. The maximum Gasteiger partial charge on any atom is 0.453 e. The summed E-state index contributed by atoms with van der Waals surface area (Å²) < 4.78 is 290. The van der Waals surface area contributed by atoms with Crippen molar-refractivity contribution >= 4 is 59.7 Å². The Balaban J connectivity index is 0.000000247. The minimum atomic E-state index is -5.82. The van der Waals surface area contributed by atoms with Crippen molar-refractivity contribution in [1.29, 1.82) is 0 Å². The van der Waals surface area contributed by atoms with Gasteiger partial charge in [-0.1, -0.05) is 19.7 Å². The van der Waals surface area contributed by atoms with Gasteiger partial charge in [-0.25, -0.2) is 23.2 Å². The highest BCUT2D eigenvalue weighted by atomic mass is 19.4. The predicted octanol–water partition coefficient (Wildman–Crippen LogP) is 13.1. The van der Waals surface area contributed by atoms with Gasteiger partial charge >= 0.3 is 96.5 Å². The first-order chi connectivity index (χ1) is 47.8. The van der Waals surface area contributed by atoms with Gasteiger partial charge in [-0.15, -0.1) is 0 Å². The molecule has 10 aliphatic rings. The maximum atomic E-state index is 13.3. The van der Waals surface area contributed by atoms with Crippen molar-refractivity contribution in [3.63, 3.8) is 0 Å². The third kappa shape index (κ3) is 22.4. The largest absolute Gasteiger partial charge is 0.465 e. The van der Waals surface area contributed by atoms with Crippen molar-refractivity contribution in [2.75, 3.05) is 52.9 Å². The van der Waals surface area contributed by atoms with E-state index in [2.05, 4.69) is 29.2 Å². The molecule has 11 unspecified atom stereocenters. The molecule has 10 saturated carbocycles. The van der Waals surface area contributed by atoms with E-state index in [4.69, 9.17) is 37.9 Å². The topological polar surface area (TPSA) is 263 Å². The van der Waals surface area contributed by atoms with Gasteiger partial charge in [-0.05, 0) is 116 Å². The summed E-state index contributed by atoms with van der Waals surface area (Å²) in [6.07, 6.45) is -29.2. The second-order valence-corrected chi connectivity index (χ2v) is 29.0. The van der Waals surface area contributed by atoms with Gasteiger partial charge in [-0.2, -0.15) is 74.6 Å². The number of hydrogen-bond acceptors (Lipinski definition) is 20. The molecule has 0 spiro atoms. The van der Waals surface area contributed by atoms with Gasteiger partial charge in [0.2, 0.25) is 5.92 Å². The van der Waals surface area contributed by atoms with E-state index in [0.29, 0.717) is 13.3 Å². The molecule has 11 atom stereocenters. The molecule has 10 fully saturated rings. The molecule has 0 aliphatic heterocycles. The first-order valence-corrected chi connectivity index (χ1v) is 32.7. The fourth-order valence-corrected chi connectivity index (χ4v) is 16.6. The van der Waals surface area contributed by atoms with E-state index in [1.54, 1.807) is 0 Å². The summed E-state index contributed by atoms with van der Waals surface area (Å²) in [5.74, 6) is -24.5. The zero-order valence-electron chi connectivity index (χ0n) is 56.9. The molecule has 0 heterocycles. The molecule has 39 heteroatoms. The number of ether oxygens (including phenoxy) is 10. The summed E-state index contributed by atoms with van der Waals surface area (Å²) in [7, 11) is 0. The van der Waals surface area contributed by atoms with Gasteiger partial charge in [0, 0.05) is 48.8 Å². The van der Waals surface area contributed by atoms with E-state index < -0.39 is 243 Å². The molecule has 0 saturated heterocycles. The number of alkyl halides is 19. The number of halogens is 19. The van der Waals surface area contributed by atoms with E-state index in [0.717, 1.165) is 0 Å². The Morgan fingerprint density at radius 2 is 0.714 bits per heavy atom. The quantitative estimate of drug-likeness (QED) is 0.0243. The van der Waals surface area contributed by atoms with Gasteiger partial charge in [-0.3, -0.25) is 33.6 Å². The van der Waals surface area contributed by atoms with E-state index >= 15 is 0 Å². The van der Waals surface area contributed by atoms with Crippen molar-refractivity contribution in [1.82, 2.24) is 0 Å². The highest BCUT2D eigenvalue weighted by Crippen LogP contribution is 2.70.